The van der Waals surface area contributed by atoms with E-state index in [0.717, 1.165) is 10.9 Å². The molecule has 0 spiro atoms. The number of hydrogen-bond donors (Lipinski definition) is 0. The lowest BCUT2D eigenvalue weighted by Gasteiger charge is -2.23. The van der Waals surface area contributed by atoms with E-state index < -0.39 is 11.0 Å². The van der Waals surface area contributed by atoms with Crippen molar-refractivity contribution < 1.29 is 9.72 Å². The number of para-hydroxylation sites is 1. The molecule has 1 atom stereocenters. The van der Waals surface area contributed by atoms with Crippen molar-refractivity contribution in [1.29, 1.82) is 0 Å². The maximum absolute atomic E-state index is 13.4. The van der Waals surface area contributed by atoms with Gasteiger partial charge in [-0.3, -0.25) is 19.9 Å². The van der Waals surface area contributed by atoms with Gasteiger partial charge in [-0.05, 0) is 42.0 Å². The summed E-state index contributed by atoms with van der Waals surface area (Å²) in [5.41, 5.74) is 3.18. The quantitative estimate of drug-likeness (QED) is 0.238. The smallest absolute Gasteiger partial charge is 0.267 e. The fraction of sp³-hybridized carbons (Fsp3) is 0.0833. The van der Waals surface area contributed by atoms with Crippen molar-refractivity contribution in [3.8, 4) is 0 Å². The Kier molecular flexibility index (Phi) is 5.27. The molecule has 1 unspecified atom stereocenters. The zero-order valence-electron chi connectivity index (χ0n) is 17.1. The number of pyridine rings is 2. The van der Waals surface area contributed by atoms with E-state index >= 15 is 0 Å². The van der Waals surface area contributed by atoms with Gasteiger partial charge in [0.05, 0.1) is 22.2 Å². The Bertz CT molecular complexity index is 1410. The van der Waals surface area contributed by atoms with E-state index in [9.17, 15) is 14.9 Å². The molecular weight excluding hydrogens is 442 g/mol. The fourth-order valence-electron chi connectivity index (χ4n) is 3.86. The van der Waals surface area contributed by atoms with Gasteiger partial charge in [0, 0.05) is 47.5 Å². The highest BCUT2D eigenvalue weighted by Gasteiger charge is 2.35. The highest BCUT2D eigenvalue weighted by atomic mass is 35.5. The number of nitro benzene ring substituents is 1. The normalized spacial score (nSPS) is 15.5. The van der Waals surface area contributed by atoms with Crippen molar-refractivity contribution in [2.45, 2.75) is 12.5 Å². The summed E-state index contributed by atoms with van der Waals surface area (Å²) in [6, 6.07) is 18.4. The number of hydrazone groups is 1. The van der Waals surface area contributed by atoms with Crippen molar-refractivity contribution in [3.05, 3.63) is 111 Å². The predicted octanol–water partition coefficient (Wildman–Crippen LogP) is 5.18. The van der Waals surface area contributed by atoms with Crippen LogP contribution in [-0.4, -0.2) is 31.5 Å². The lowest BCUT2D eigenvalue weighted by Crippen LogP contribution is -2.27. The third kappa shape index (κ3) is 3.92. The lowest BCUT2D eigenvalue weighted by atomic mass is 9.98. The average molecular weight is 458 g/mol. The summed E-state index contributed by atoms with van der Waals surface area (Å²) in [4.78, 5) is 32.4. The van der Waals surface area contributed by atoms with Gasteiger partial charge in [0.15, 0.2) is 0 Å². The van der Waals surface area contributed by atoms with Crippen LogP contribution >= 0.6 is 11.6 Å². The van der Waals surface area contributed by atoms with Crippen LogP contribution in [0.3, 0.4) is 0 Å². The highest BCUT2D eigenvalue weighted by Crippen LogP contribution is 2.38. The Hall–Kier alpha value is -4.17. The topological polar surface area (TPSA) is 102 Å². The Balaban J connectivity index is 1.58. The number of non-ortho nitro benzene ring substituents is 1. The summed E-state index contributed by atoms with van der Waals surface area (Å²) in [5, 5.41) is 18.2. The second kappa shape index (κ2) is 8.40. The van der Waals surface area contributed by atoms with Crippen LogP contribution < -0.4 is 0 Å². The predicted molar refractivity (Wildman–Crippen MR) is 124 cm³/mol. The monoisotopic (exact) mass is 457 g/mol. The number of benzene rings is 2. The first-order valence-corrected chi connectivity index (χ1v) is 10.5. The van der Waals surface area contributed by atoms with Crippen LogP contribution in [0.2, 0.25) is 5.15 Å². The van der Waals surface area contributed by atoms with Crippen molar-refractivity contribution in [2.75, 3.05) is 0 Å². The zero-order chi connectivity index (χ0) is 22.9. The molecule has 0 saturated carbocycles. The maximum atomic E-state index is 13.4. The minimum absolute atomic E-state index is 0.0135. The van der Waals surface area contributed by atoms with Crippen LogP contribution in [0.5, 0.6) is 0 Å². The largest absolute Gasteiger partial charge is 0.274 e. The molecule has 1 aliphatic heterocycles. The van der Waals surface area contributed by atoms with Gasteiger partial charge in [-0.2, -0.15) is 5.10 Å². The standard InChI is InChI=1S/C24H16ClN5O3/c25-23-19(13-17-3-1-2-4-20(17)27-23)22-14-21(15-5-7-18(8-6-15)30(32)33)28-29(22)24(31)16-9-11-26-12-10-16/h1-13,22H,14H2. The summed E-state index contributed by atoms with van der Waals surface area (Å²) < 4.78 is 0. The summed E-state index contributed by atoms with van der Waals surface area (Å²) in [5.74, 6) is -0.302. The number of halogens is 1. The summed E-state index contributed by atoms with van der Waals surface area (Å²) in [6.45, 7) is 0. The molecule has 0 aliphatic carbocycles. The molecule has 162 valence electrons. The molecule has 2 aromatic carbocycles. The summed E-state index contributed by atoms with van der Waals surface area (Å²) in [6.07, 6.45) is 3.47. The van der Waals surface area contributed by atoms with Crippen molar-refractivity contribution in [3.63, 3.8) is 0 Å². The number of carbonyl (C=O) groups excluding carboxylic acids is 1. The highest BCUT2D eigenvalue weighted by molar-refractivity contribution is 6.30. The van der Waals surface area contributed by atoms with E-state index in [4.69, 9.17) is 11.6 Å². The number of carbonyl (C=O) groups is 1. The fourth-order valence-corrected chi connectivity index (χ4v) is 4.13. The number of fused-ring (bicyclic) bond motifs is 1. The van der Waals surface area contributed by atoms with Crippen molar-refractivity contribution >= 4 is 39.8 Å². The van der Waals surface area contributed by atoms with Crippen LogP contribution in [0.1, 0.15) is 33.9 Å². The second-order valence-corrected chi connectivity index (χ2v) is 7.88. The molecule has 5 rings (SSSR count). The minimum Gasteiger partial charge on any atom is -0.267 e. The Labute approximate surface area is 193 Å². The number of nitrogens with zero attached hydrogens (tertiary/aromatic N) is 5. The van der Waals surface area contributed by atoms with Crippen LogP contribution in [0.25, 0.3) is 10.9 Å². The molecule has 9 heteroatoms. The second-order valence-electron chi connectivity index (χ2n) is 7.52. The van der Waals surface area contributed by atoms with Crippen LogP contribution in [0, 0.1) is 10.1 Å². The Morgan fingerprint density at radius 2 is 1.79 bits per heavy atom. The third-order valence-corrected chi connectivity index (χ3v) is 5.82. The number of aromatic nitrogens is 2. The first-order valence-electron chi connectivity index (χ1n) is 10.1. The maximum Gasteiger partial charge on any atom is 0.274 e. The van der Waals surface area contributed by atoms with E-state index in [1.54, 1.807) is 36.7 Å². The third-order valence-electron chi connectivity index (χ3n) is 5.52. The number of amides is 1. The molecule has 3 heterocycles. The van der Waals surface area contributed by atoms with Gasteiger partial charge in [-0.15, -0.1) is 0 Å². The lowest BCUT2D eigenvalue weighted by molar-refractivity contribution is -0.384. The van der Waals surface area contributed by atoms with Gasteiger partial charge in [0.1, 0.15) is 5.15 Å². The van der Waals surface area contributed by atoms with Gasteiger partial charge in [0.2, 0.25) is 0 Å². The van der Waals surface area contributed by atoms with E-state index in [2.05, 4.69) is 15.1 Å². The van der Waals surface area contributed by atoms with Gasteiger partial charge < -0.3 is 0 Å². The van der Waals surface area contributed by atoms with Crippen molar-refractivity contribution in [2.24, 2.45) is 5.10 Å². The molecule has 0 fully saturated rings. The first-order chi connectivity index (χ1) is 16.0. The van der Waals surface area contributed by atoms with Gasteiger partial charge in [0.25, 0.3) is 11.6 Å². The molecule has 2 aromatic heterocycles. The Morgan fingerprint density at radius 1 is 1.06 bits per heavy atom. The van der Waals surface area contributed by atoms with Gasteiger partial charge >= 0.3 is 0 Å². The average Bonchev–Trinajstić information content (AvgIpc) is 3.29. The molecular formula is C24H16ClN5O3. The number of rotatable bonds is 4. The van der Waals surface area contributed by atoms with Crippen molar-refractivity contribution in [1.82, 2.24) is 15.0 Å². The Morgan fingerprint density at radius 3 is 2.52 bits per heavy atom. The molecule has 4 aromatic rings. The number of nitro groups is 1. The molecule has 1 aliphatic rings. The summed E-state index contributed by atoms with van der Waals surface area (Å²) in [7, 11) is 0. The van der Waals surface area contributed by atoms with E-state index in [0.29, 0.717) is 34.0 Å². The van der Waals surface area contributed by atoms with E-state index in [-0.39, 0.29) is 11.6 Å². The first kappa shape index (κ1) is 20.7. The molecule has 0 bridgehead atoms. The molecule has 1 amide bonds. The van der Waals surface area contributed by atoms with Crippen LogP contribution in [0.15, 0.2) is 84.2 Å². The molecule has 8 nitrogen and oxygen atoms in total. The summed E-state index contributed by atoms with van der Waals surface area (Å²) >= 11 is 6.56. The van der Waals surface area contributed by atoms with E-state index in [1.165, 1.54) is 17.1 Å². The molecule has 0 radical (unpaired) electrons. The molecule has 0 N–H and O–H groups in total. The van der Waals surface area contributed by atoms with Gasteiger partial charge in [-0.25, -0.2) is 9.99 Å². The van der Waals surface area contributed by atoms with E-state index in [1.807, 2.05) is 30.3 Å². The van der Waals surface area contributed by atoms with Crippen LogP contribution in [0.4, 0.5) is 5.69 Å². The SMILES string of the molecule is O=C(c1ccncc1)N1N=C(c2ccc([N+](=O)[O-])cc2)CC1c1cc2ccccc2nc1Cl. The van der Waals surface area contributed by atoms with Crippen LogP contribution in [-0.2, 0) is 0 Å². The molecule has 33 heavy (non-hydrogen) atoms. The minimum atomic E-state index is -0.486. The van der Waals surface area contributed by atoms with Gasteiger partial charge in [-0.1, -0.05) is 29.8 Å². The number of hydrogen-bond acceptors (Lipinski definition) is 6. The zero-order valence-corrected chi connectivity index (χ0v) is 17.9. The molecule has 0 saturated heterocycles.